The molecule has 0 unspecified atom stereocenters. The highest BCUT2D eigenvalue weighted by atomic mass is 16.5. The lowest BCUT2D eigenvalue weighted by molar-refractivity contribution is 0.126. The van der Waals surface area contributed by atoms with E-state index in [1.807, 2.05) is 24.3 Å². The van der Waals surface area contributed by atoms with E-state index in [0.29, 0.717) is 6.54 Å². The van der Waals surface area contributed by atoms with Crippen molar-refractivity contribution in [3.8, 4) is 5.75 Å². The lowest BCUT2D eigenvalue weighted by Gasteiger charge is -2.34. The van der Waals surface area contributed by atoms with Crippen molar-refractivity contribution in [2.24, 2.45) is 0 Å². The predicted molar refractivity (Wildman–Crippen MR) is 113 cm³/mol. The van der Waals surface area contributed by atoms with Gasteiger partial charge in [0.2, 0.25) is 0 Å². The minimum Gasteiger partial charge on any atom is -0.497 e. The summed E-state index contributed by atoms with van der Waals surface area (Å²) in [6.45, 7) is 7.09. The number of nitrogens with one attached hydrogen (secondary N) is 2. The standard InChI is InChI=1S/C22H30N4O2/c1-28-21-10-8-20(9-11-21)24-22(27)23-12-5-13-25-14-16-26(17-15-25)18-19-6-3-2-4-7-19/h2-4,6-11H,5,12-18H2,1H3,(H2,23,24,27). The Kier molecular flexibility index (Phi) is 7.70. The van der Waals surface area contributed by atoms with Crippen LogP contribution < -0.4 is 15.4 Å². The second-order valence-electron chi connectivity index (χ2n) is 7.07. The first kappa shape index (κ1) is 20.2. The number of hydrogen-bond donors (Lipinski definition) is 2. The fourth-order valence-corrected chi connectivity index (χ4v) is 3.37. The number of nitrogens with zero attached hydrogens (tertiary/aromatic N) is 2. The summed E-state index contributed by atoms with van der Waals surface area (Å²) in [6.07, 6.45) is 0.953. The highest BCUT2D eigenvalue weighted by Crippen LogP contribution is 2.14. The zero-order chi connectivity index (χ0) is 19.6. The molecule has 2 aromatic carbocycles. The van der Waals surface area contributed by atoms with Crippen molar-refractivity contribution in [1.82, 2.24) is 15.1 Å². The quantitative estimate of drug-likeness (QED) is 0.689. The van der Waals surface area contributed by atoms with Crippen LogP contribution in [0, 0.1) is 0 Å². The Balaban J connectivity index is 1.27. The molecule has 2 aromatic rings. The molecule has 6 nitrogen and oxygen atoms in total. The molecule has 1 fully saturated rings. The van der Waals surface area contributed by atoms with Crippen LogP contribution in [0.4, 0.5) is 10.5 Å². The van der Waals surface area contributed by atoms with Crippen LogP contribution in [0.25, 0.3) is 0 Å². The molecule has 0 spiro atoms. The first-order valence-corrected chi connectivity index (χ1v) is 9.90. The summed E-state index contributed by atoms with van der Waals surface area (Å²) in [5.74, 6) is 0.773. The summed E-state index contributed by atoms with van der Waals surface area (Å²) < 4.78 is 5.11. The first-order chi connectivity index (χ1) is 13.7. The number of amides is 2. The second kappa shape index (κ2) is 10.7. The van der Waals surface area contributed by atoms with Gasteiger partial charge < -0.3 is 20.3 Å². The molecule has 0 bridgehead atoms. The van der Waals surface area contributed by atoms with Crippen LogP contribution in [0.15, 0.2) is 54.6 Å². The highest BCUT2D eigenvalue weighted by molar-refractivity contribution is 5.89. The van der Waals surface area contributed by atoms with Crippen molar-refractivity contribution in [2.75, 3.05) is 51.7 Å². The summed E-state index contributed by atoms with van der Waals surface area (Å²) in [4.78, 5) is 16.9. The minimum absolute atomic E-state index is 0.169. The molecule has 28 heavy (non-hydrogen) atoms. The number of benzene rings is 2. The van der Waals surface area contributed by atoms with Gasteiger partial charge in [0.15, 0.2) is 0 Å². The Morgan fingerprint density at radius 1 is 0.964 bits per heavy atom. The average molecular weight is 383 g/mol. The maximum atomic E-state index is 12.0. The van der Waals surface area contributed by atoms with Crippen molar-refractivity contribution >= 4 is 11.7 Å². The monoisotopic (exact) mass is 382 g/mol. The van der Waals surface area contributed by atoms with Crippen molar-refractivity contribution in [2.45, 2.75) is 13.0 Å². The molecule has 150 valence electrons. The number of piperazine rings is 1. The van der Waals surface area contributed by atoms with Crippen molar-refractivity contribution < 1.29 is 9.53 Å². The van der Waals surface area contributed by atoms with Gasteiger partial charge in [0.1, 0.15) is 5.75 Å². The number of methoxy groups -OCH3 is 1. The van der Waals surface area contributed by atoms with Crippen LogP contribution in [-0.4, -0.2) is 62.2 Å². The summed E-state index contributed by atoms with van der Waals surface area (Å²) in [6, 6.07) is 17.8. The fourth-order valence-electron chi connectivity index (χ4n) is 3.37. The van der Waals surface area contributed by atoms with Gasteiger partial charge in [-0.3, -0.25) is 4.90 Å². The van der Waals surface area contributed by atoms with Gasteiger partial charge in [-0.1, -0.05) is 30.3 Å². The van der Waals surface area contributed by atoms with Crippen LogP contribution in [0.5, 0.6) is 5.75 Å². The highest BCUT2D eigenvalue weighted by Gasteiger charge is 2.16. The fraction of sp³-hybridized carbons (Fsp3) is 0.409. The number of hydrogen-bond acceptors (Lipinski definition) is 4. The van der Waals surface area contributed by atoms with Crippen LogP contribution in [0.2, 0.25) is 0 Å². The van der Waals surface area contributed by atoms with Gasteiger partial charge in [0, 0.05) is 45.0 Å². The summed E-state index contributed by atoms with van der Waals surface area (Å²) in [5.41, 5.74) is 2.14. The molecule has 0 aliphatic carbocycles. The minimum atomic E-state index is -0.169. The topological polar surface area (TPSA) is 56.8 Å². The molecule has 1 aliphatic heterocycles. The van der Waals surface area contributed by atoms with E-state index in [1.54, 1.807) is 7.11 Å². The third kappa shape index (κ3) is 6.55. The number of carbonyl (C=O) groups excluding carboxylic acids is 1. The van der Waals surface area contributed by atoms with Crippen LogP contribution in [-0.2, 0) is 6.54 Å². The van der Waals surface area contributed by atoms with E-state index in [-0.39, 0.29) is 6.03 Å². The maximum Gasteiger partial charge on any atom is 0.319 e. The lowest BCUT2D eigenvalue weighted by Crippen LogP contribution is -2.46. The van der Waals surface area contributed by atoms with E-state index in [0.717, 1.165) is 57.1 Å². The maximum absolute atomic E-state index is 12.0. The molecule has 2 amide bonds. The van der Waals surface area contributed by atoms with E-state index >= 15 is 0 Å². The van der Waals surface area contributed by atoms with E-state index in [1.165, 1.54) is 5.56 Å². The SMILES string of the molecule is COc1ccc(NC(=O)NCCCN2CCN(Cc3ccccc3)CC2)cc1. The zero-order valence-electron chi connectivity index (χ0n) is 16.6. The van der Waals surface area contributed by atoms with Crippen molar-refractivity contribution in [3.05, 3.63) is 60.2 Å². The van der Waals surface area contributed by atoms with Crippen molar-refractivity contribution in [1.29, 1.82) is 0 Å². The normalized spacial score (nSPS) is 15.2. The smallest absolute Gasteiger partial charge is 0.319 e. The molecule has 0 radical (unpaired) electrons. The third-order valence-electron chi connectivity index (χ3n) is 5.00. The molecule has 1 heterocycles. The van der Waals surface area contributed by atoms with Crippen LogP contribution in [0.3, 0.4) is 0 Å². The van der Waals surface area contributed by atoms with Gasteiger partial charge in [-0.25, -0.2) is 4.79 Å². The van der Waals surface area contributed by atoms with E-state index < -0.39 is 0 Å². The van der Waals surface area contributed by atoms with Gasteiger partial charge in [0.05, 0.1) is 7.11 Å². The third-order valence-corrected chi connectivity index (χ3v) is 5.00. The molecule has 2 N–H and O–H groups in total. The first-order valence-electron chi connectivity index (χ1n) is 9.90. The Morgan fingerprint density at radius 2 is 1.64 bits per heavy atom. The number of carbonyl (C=O) groups is 1. The van der Waals surface area contributed by atoms with Gasteiger partial charge >= 0.3 is 6.03 Å². The van der Waals surface area contributed by atoms with Crippen LogP contribution in [0.1, 0.15) is 12.0 Å². The van der Waals surface area contributed by atoms with Gasteiger partial charge in [-0.15, -0.1) is 0 Å². The Morgan fingerprint density at radius 3 is 2.32 bits per heavy atom. The summed E-state index contributed by atoms with van der Waals surface area (Å²) in [7, 11) is 1.62. The molecule has 1 aliphatic rings. The number of urea groups is 1. The van der Waals surface area contributed by atoms with Gasteiger partial charge in [-0.2, -0.15) is 0 Å². The second-order valence-corrected chi connectivity index (χ2v) is 7.07. The van der Waals surface area contributed by atoms with Gasteiger partial charge in [0.25, 0.3) is 0 Å². The molecule has 0 aromatic heterocycles. The zero-order valence-corrected chi connectivity index (χ0v) is 16.6. The molecule has 1 saturated heterocycles. The average Bonchev–Trinajstić information content (AvgIpc) is 2.74. The molecular formula is C22H30N4O2. The van der Waals surface area contributed by atoms with Crippen molar-refractivity contribution in [3.63, 3.8) is 0 Å². The molecule has 0 saturated carbocycles. The number of rotatable bonds is 8. The molecule has 6 heteroatoms. The van der Waals surface area contributed by atoms with E-state index in [2.05, 4.69) is 50.8 Å². The largest absolute Gasteiger partial charge is 0.497 e. The molecular weight excluding hydrogens is 352 g/mol. The van der Waals surface area contributed by atoms with Gasteiger partial charge in [-0.05, 0) is 42.8 Å². The Bertz CT molecular complexity index is 713. The van der Waals surface area contributed by atoms with Crippen LogP contribution >= 0.6 is 0 Å². The van der Waals surface area contributed by atoms with E-state index in [9.17, 15) is 4.79 Å². The lowest BCUT2D eigenvalue weighted by atomic mass is 10.2. The molecule has 0 atom stereocenters. The predicted octanol–water partition coefficient (Wildman–Crippen LogP) is 3.02. The molecule has 3 rings (SSSR count). The van der Waals surface area contributed by atoms with E-state index in [4.69, 9.17) is 4.74 Å². The number of anilines is 1. The summed E-state index contributed by atoms with van der Waals surface area (Å²) in [5, 5.41) is 5.76. The number of ether oxygens (including phenoxy) is 1. The summed E-state index contributed by atoms with van der Waals surface area (Å²) >= 11 is 0. The Hall–Kier alpha value is -2.57. The Labute approximate surface area is 167 Å².